The molecule has 0 radical (unpaired) electrons. The van der Waals surface area contributed by atoms with E-state index in [-0.39, 0.29) is 5.91 Å². The first-order chi connectivity index (χ1) is 9.97. The quantitative estimate of drug-likeness (QED) is 0.639. The average Bonchev–Trinajstić information content (AvgIpc) is 2.87. The van der Waals surface area contributed by atoms with Crippen LogP contribution in [0.1, 0.15) is 46.0 Å². The summed E-state index contributed by atoms with van der Waals surface area (Å²) in [5.74, 6) is 0.171. The maximum Gasteiger partial charge on any atom is 0.238 e. The summed E-state index contributed by atoms with van der Waals surface area (Å²) in [7, 11) is 3.85. The van der Waals surface area contributed by atoms with Gasteiger partial charge in [-0.2, -0.15) is 0 Å². The van der Waals surface area contributed by atoms with Gasteiger partial charge in [0.15, 0.2) is 0 Å². The van der Waals surface area contributed by atoms with Gasteiger partial charge in [-0.25, -0.2) is 0 Å². The van der Waals surface area contributed by atoms with Crippen molar-refractivity contribution in [1.82, 2.24) is 10.2 Å². The van der Waals surface area contributed by atoms with Crippen LogP contribution in [0.5, 0.6) is 0 Å². The van der Waals surface area contributed by atoms with Gasteiger partial charge in [0, 0.05) is 13.2 Å². The fourth-order valence-corrected chi connectivity index (χ4v) is 3.41. The van der Waals surface area contributed by atoms with Crippen LogP contribution in [0.4, 0.5) is 0 Å². The lowest BCUT2D eigenvalue weighted by Gasteiger charge is -2.35. The number of carbonyl (C=O) groups excluding carboxylic acids is 1. The smallest absolute Gasteiger partial charge is 0.238 e. The molecule has 0 bridgehead atoms. The van der Waals surface area contributed by atoms with E-state index in [1.54, 1.807) is 7.11 Å². The summed E-state index contributed by atoms with van der Waals surface area (Å²) in [5, 5.41) is 3.45. The molecule has 5 nitrogen and oxygen atoms in total. The molecule has 21 heavy (non-hydrogen) atoms. The van der Waals surface area contributed by atoms with Crippen molar-refractivity contribution in [1.29, 1.82) is 0 Å². The number of hydrogen-bond acceptors (Lipinski definition) is 4. The number of methoxy groups -OCH3 is 1. The number of rotatable bonds is 10. The second-order valence-corrected chi connectivity index (χ2v) is 6.43. The summed E-state index contributed by atoms with van der Waals surface area (Å²) in [6.45, 7) is 6.84. The minimum Gasteiger partial charge on any atom is -0.383 e. The highest BCUT2D eigenvalue weighted by atomic mass is 16.5. The van der Waals surface area contributed by atoms with Gasteiger partial charge in [-0.3, -0.25) is 4.79 Å². The monoisotopic (exact) mass is 299 g/mol. The molecule has 124 valence electrons. The lowest BCUT2D eigenvalue weighted by molar-refractivity contribution is -0.126. The van der Waals surface area contributed by atoms with Crippen LogP contribution in [0.3, 0.4) is 0 Å². The number of likely N-dealkylation sites (N-methyl/N-ethyl adjacent to an activating group) is 1. The van der Waals surface area contributed by atoms with Crippen LogP contribution in [-0.2, 0) is 9.53 Å². The van der Waals surface area contributed by atoms with Gasteiger partial charge >= 0.3 is 0 Å². The maximum atomic E-state index is 12.0. The second kappa shape index (κ2) is 8.71. The molecule has 0 aliphatic heterocycles. The van der Waals surface area contributed by atoms with Gasteiger partial charge in [0.1, 0.15) is 5.54 Å². The molecule has 3 atom stereocenters. The Labute approximate surface area is 129 Å². The maximum absolute atomic E-state index is 12.0. The summed E-state index contributed by atoms with van der Waals surface area (Å²) in [5.41, 5.74) is 5.26. The standard InChI is InChI=1S/C16H33N3O2/c1-5-10-18-16(15(17)20)9-6-7-14(16)8-11-19(3)13(2)12-21-4/h13-14,18H,5-12H2,1-4H3,(H2,17,20). The van der Waals surface area contributed by atoms with E-state index in [9.17, 15) is 4.79 Å². The van der Waals surface area contributed by atoms with Gasteiger partial charge in [-0.1, -0.05) is 13.3 Å². The van der Waals surface area contributed by atoms with E-state index in [1.165, 1.54) is 0 Å². The summed E-state index contributed by atoms with van der Waals surface area (Å²) >= 11 is 0. The van der Waals surface area contributed by atoms with Crippen molar-refractivity contribution < 1.29 is 9.53 Å². The van der Waals surface area contributed by atoms with Gasteiger partial charge in [0.2, 0.25) is 5.91 Å². The van der Waals surface area contributed by atoms with E-state index in [0.717, 1.165) is 51.8 Å². The molecular formula is C16H33N3O2. The van der Waals surface area contributed by atoms with E-state index < -0.39 is 5.54 Å². The Hall–Kier alpha value is -0.650. The molecule has 0 aromatic rings. The fraction of sp³-hybridized carbons (Fsp3) is 0.938. The van der Waals surface area contributed by atoms with Gasteiger partial charge in [-0.05, 0) is 58.7 Å². The third-order valence-electron chi connectivity index (χ3n) is 4.94. The molecule has 3 unspecified atom stereocenters. The minimum absolute atomic E-state index is 0.175. The van der Waals surface area contributed by atoms with Gasteiger partial charge in [0.05, 0.1) is 6.61 Å². The van der Waals surface area contributed by atoms with Crippen molar-refractivity contribution in [3.8, 4) is 0 Å². The van der Waals surface area contributed by atoms with Crippen LogP contribution >= 0.6 is 0 Å². The van der Waals surface area contributed by atoms with Crippen molar-refractivity contribution in [3.05, 3.63) is 0 Å². The molecule has 5 heteroatoms. The van der Waals surface area contributed by atoms with Gasteiger partial charge in [-0.15, -0.1) is 0 Å². The topological polar surface area (TPSA) is 67.6 Å². The van der Waals surface area contributed by atoms with Crippen LogP contribution in [0.25, 0.3) is 0 Å². The molecule has 1 aliphatic rings. The van der Waals surface area contributed by atoms with Crippen LogP contribution in [0, 0.1) is 5.92 Å². The summed E-state index contributed by atoms with van der Waals surface area (Å²) in [4.78, 5) is 14.3. The summed E-state index contributed by atoms with van der Waals surface area (Å²) < 4.78 is 5.20. The van der Waals surface area contributed by atoms with Gasteiger partial charge in [0.25, 0.3) is 0 Å². The lowest BCUT2D eigenvalue weighted by atomic mass is 9.83. The Morgan fingerprint density at radius 2 is 2.29 bits per heavy atom. The molecule has 1 rings (SSSR count). The number of ether oxygens (including phenoxy) is 1. The first kappa shape index (κ1) is 18.4. The Balaban J connectivity index is 2.60. The minimum atomic E-state index is -0.485. The molecule has 1 fully saturated rings. The summed E-state index contributed by atoms with van der Waals surface area (Å²) in [6.07, 6.45) is 5.08. The predicted octanol–water partition coefficient (Wildman–Crippen LogP) is 1.37. The Bertz CT molecular complexity index is 325. The SMILES string of the molecule is CCCNC1(C(N)=O)CCCC1CCN(C)C(C)COC. The highest BCUT2D eigenvalue weighted by Gasteiger charge is 2.46. The third kappa shape index (κ3) is 4.66. The average molecular weight is 299 g/mol. The Kier molecular flexibility index (Phi) is 7.63. The van der Waals surface area contributed by atoms with Gasteiger partial charge < -0.3 is 20.7 Å². The molecule has 1 amide bonds. The van der Waals surface area contributed by atoms with Crippen molar-refractivity contribution in [3.63, 3.8) is 0 Å². The zero-order valence-corrected chi connectivity index (χ0v) is 14.2. The zero-order valence-electron chi connectivity index (χ0n) is 14.2. The van der Waals surface area contributed by atoms with E-state index in [1.807, 2.05) is 0 Å². The molecule has 0 heterocycles. The fourth-order valence-electron chi connectivity index (χ4n) is 3.41. The number of nitrogens with one attached hydrogen (secondary N) is 1. The largest absolute Gasteiger partial charge is 0.383 e. The Morgan fingerprint density at radius 1 is 1.57 bits per heavy atom. The second-order valence-electron chi connectivity index (χ2n) is 6.43. The number of amides is 1. The van der Waals surface area contributed by atoms with Crippen molar-refractivity contribution in [2.45, 2.75) is 57.5 Å². The number of nitrogens with two attached hydrogens (primary N) is 1. The van der Waals surface area contributed by atoms with Crippen molar-refractivity contribution >= 4 is 5.91 Å². The first-order valence-electron chi connectivity index (χ1n) is 8.22. The van der Waals surface area contributed by atoms with E-state index >= 15 is 0 Å². The molecule has 1 saturated carbocycles. The molecule has 0 aromatic carbocycles. The van der Waals surface area contributed by atoms with Crippen LogP contribution in [0.2, 0.25) is 0 Å². The number of hydrogen-bond donors (Lipinski definition) is 2. The molecule has 0 saturated heterocycles. The molecule has 3 N–H and O–H groups in total. The highest BCUT2D eigenvalue weighted by Crippen LogP contribution is 2.38. The molecule has 0 spiro atoms. The zero-order chi connectivity index (χ0) is 15.9. The number of primary amides is 1. The van der Waals surface area contributed by atoms with Crippen LogP contribution in [0.15, 0.2) is 0 Å². The summed E-state index contributed by atoms with van der Waals surface area (Å²) in [6, 6.07) is 0.392. The lowest BCUT2D eigenvalue weighted by Crippen LogP contribution is -2.58. The molecular weight excluding hydrogens is 266 g/mol. The van der Waals surface area contributed by atoms with Crippen LogP contribution < -0.4 is 11.1 Å². The Morgan fingerprint density at radius 3 is 2.86 bits per heavy atom. The predicted molar refractivity (Wildman–Crippen MR) is 86.1 cm³/mol. The van der Waals surface area contributed by atoms with Crippen molar-refractivity contribution in [2.24, 2.45) is 11.7 Å². The highest BCUT2D eigenvalue weighted by molar-refractivity contribution is 5.85. The third-order valence-corrected chi connectivity index (χ3v) is 4.94. The van der Waals surface area contributed by atoms with E-state index in [4.69, 9.17) is 10.5 Å². The number of carbonyl (C=O) groups is 1. The van der Waals surface area contributed by atoms with Crippen molar-refractivity contribution in [2.75, 3.05) is 33.9 Å². The first-order valence-corrected chi connectivity index (χ1v) is 8.22. The van der Waals surface area contributed by atoms with E-state index in [0.29, 0.717) is 12.0 Å². The van der Waals surface area contributed by atoms with E-state index in [2.05, 4.69) is 31.1 Å². The van der Waals surface area contributed by atoms with Crippen LogP contribution in [-0.4, -0.2) is 56.2 Å². The molecule has 0 aromatic heterocycles. The number of nitrogens with zero attached hydrogens (tertiary/aromatic N) is 1. The normalized spacial score (nSPS) is 27.2. The molecule has 1 aliphatic carbocycles.